The van der Waals surface area contributed by atoms with E-state index >= 15 is 0 Å². The van der Waals surface area contributed by atoms with Gasteiger partial charge in [0.1, 0.15) is 17.8 Å². The number of nitrogens with one attached hydrogen (secondary N) is 1. The van der Waals surface area contributed by atoms with Crippen molar-refractivity contribution in [1.82, 2.24) is 19.1 Å². The number of ether oxygens (including phenoxy) is 1. The summed E-state index contributed by atoms with van der Waals surface area (Å²) in [5.74, 6) is 0.114. The number of methoxy groups -OCH3 is 1. The summed E-state index contributed by atoms with van der Waals surface area (Å²) in [6, 6.07) is 4.77. The summed E-state index contributed by atoms with van der Waals surface area (Å²) in [5.41, 5.74) is 2.76. The first-order valence-corrected chi connectivity index (χ1v) is 8.70. The Morgan fingerprint density at radius 2 is 2.14 bits per heavy atom. The largest absolute Gasteiger partial charge is 0.495 e. The van der Waals surface area contributed by atoms with Gasteiger partial charge in [0.15, 0.2) is 11.2 Å². The van der Waals surface area contributed by atoms with Crippen molar-refractivity contribution < 1.29 is 13.9 Å². The molecule has 1 N–H and O–H groups in total. The van der Waals surface area contributed by atoms with Gasteiger partial charge in [0, 0.05) is 25.2 Å². The van der Waals surface area contributed by atoms with Crippen LogP contribution >= 0.6 is 11.6 Å². The number of hydrogen-bond acceptors (Lipinski definition) is 6. The van der Waals surface area contributed by atoms with Gasteiger partial charge in [-0.25, -0.2) is 4.98 Å². The molecule has 0 saturated carbocycles. The number of aryl methyl sites for hydroxylation is 2. The summed E-state index contributed by atoms with van der Waals surface area (Å²) >= 11 is 6.07. The summed E-state index contributed by atoms with van der Waals surface area (Å²) < 4.78 is 13.8. The minimum absolute atomic E-state index is 0.0155. The Labute approximate surface area is 163 Å². The minimum atomic E-state index is -0.350. The number of carbonyl (C=O) groups excluding carboxylic acids is 1. The maximum absolute atomic E-state index is 12.5. The van der Waals surface area contributed by atoms with Crippen LogP contribution in [-0.4, -0.2) is 32.1 Å². The first kappa shape index (κ1) is 18.1. The number of anilines is 1. The minimum Gasteiger partial charge on any atom is -0.495 e. The van der Waals surface area contributed by atoms with E-state index in [1.54, 1.807) is 30.7 Å². The number of amides is 1. The molecule has 9 nitrogen and oxygen atoms in total. The SMILES string of the molecule is COc1cc2nc(NC(=O)Cn3cnc4c3c(C)cc(=O)n4C)oc2cc1Cl. The molecule has 0 aliphatic heterocycles. The second kappa shape index (κ2) is 6.68. The number of rotatable bonds is 4. The molecule has 0 bridgehead atoms. The average Bonchev–Trinajstić information content (AvgIpc) is 3.22. The van der Waals surface area contributed by atoms with Crippen LogP contribution in [0.5, 0.6) is 5.75 Å². The number of halogens is 1. The Bertz CT molecular complexity index is 1290. The Kier molecular flexibility index (Phi) is 4.31. The van der Waals surface area contributed by atoms with Crippen LogP contribution in [0.1, 0.15) is 5.56 Å². The van der Waals surface area contributed by atoms with Crippen LogP contribution < -0.4 is 15.6 Å². The van der Waals surface area contributed by atoms with E-state index in [9.17, 15) is 9.59 Å². The molecule has 0 unspecified atom stereocenters. The van der Waals surface area contributed by atoms with Crippen LogP contribution in [0.4, 0.5) is 6.01 Å². The maximum Gasteiger partial charge on any atom is 0.302 e. The fourth-order valence-corrected chi connectivity index (χ4v) is 3.28. The molecule has 10 heteroatoms. The number of oxazole rings is 1. The Morgan fingerprint density at radius 3 is 2.89 bits per heavy atom. The van der Waals surface area contributed by atoms with Crippen LogP contribution in [0, 0.1) is 6.92 Å². The molecule has 0 radical (unpaired) electrons. The van der Waals surface area contributed by atoms with Gasteiger partial charge in [-0.3, -0.25) is 19.5 Å². The van der Waals surface area contributed by atoms with Gasteiger partial charge >= 0.3 is 6.01 Å². The Balaban J connectivity index is 1.60. The molecule has 0 saturated heterocycles. The van der Waals surface area contributed by atoms with Gasteiger partial charge in [0.05, 0.1) is 24.0 Å². The summed E-state index contributed by atoms with van der Waals surface area (Å²) in [5, 5.41) is 3.00. The molecular weight excluding hydrogens is 386 g/mol. The monoisotopic (exact) mass is 401 g/mol. The Hall–Kier alpha value is -3.33. The second-order valence-electron chi connectivity index (χ2n) is 6.29. The number of hydrogen-bond donors (Lipinski definition) is 1. The molecule has 4 aromatic rings. The lowest BCUT2D eigenvalue weighted by atomic mass is 10.2. The third-order valence-electron chi connectivity index (χ3n) is 4.40. The van der Waals surface area contributed by atoms with Crippen LogP contribution in [0.15, 0.2) is 33.7 Å². The highest BCUT2D eigenvalue weighted by atomic mass is 35.5. The molecule has 4 rings (SSSR count). The van der Waals surface area contributed by atoms with Gasteiger partial charge in [-0.05, 0) is 12.5 Å². The van der Waals surface area contributed by atoms with Crippen molar-refractivity contribution in [3.8, 4) is 5.75 Å². The average molecular weight is 402 g/mol. The Morgan fingerprint density at radius 1 is 1.36 bits per heavy atom. The summed E-state index contributed by atoms with van der Waals surface area (Å²) in [6.45, 7) is 1.79. The van der Waals surface area contributed by atoms with E-state index in [1.807, 2.05) is 0 Å². The fraction of sp³-hybridized carbons (Fsp3) is 0.222. The highest BCUT2D eigenvalue weighted by molar-refractivity contribution is 6.32. The number of pyridine rings is 1. The number of carbonyl (C=O) groups is 1. The van der Waals surface area contributed by atoms with Gasteiger partial charge in [-0.1, -0.05) is 11.6 Å². The predicted molar refractivity (Wildman–Crippen MR) is 104 cm³/mol. The molecule has 144 valence electrons. The van der Waals surface area contributed by atoms with E-state index in [0.717, 1.165) is 5.56 Å². The molecule has 0 aliphatic carbocycles. The summed E-state index contributed by atoms with van der Waals surface area (Å²) in [4.78, 5) is 32.8. The molecular formula is C18H16ClN5O4. The second-order valence-corrected chi connectivity index (χ2v) is 6.70. The van der Waals surface area contributed by atoms with Crippen molar-refractivity contribution in [1.29, 1.82) is 0 Å². The van der Waals surface area contributed by atoms with Crippen LogP contribution in [0.2, 0.25) is 5.02 Å². The van der Waals surface area contributed by atoms with Gasteiger partial charge in [0.25, 0.3) is 5.56 Å². The highest BCUT2D eigenvalue weighted by Crippen LogP contribution is 2.31. The smallest absolute Gasteiger partial charge is 0.302 e. The van der Waals surface area contributed by atoms with E-state index in [0.29, 0.717) is 33.0 Å². The highest BCUT2D eigenvalue weighted by Gasteiger charge is 2.15. The zero-order valence-corrected chi connectivity index (χ0v) is 16.1. The van der Waals surface area contributed by atoms with Crippen LogP contribution in [0.25, 0.3) is 22.3 Å². The number of benzene rings is 1. The molecule has 3 aromatic heterocycles. The lowest BCUT2D eigenvalue weighted by molar-refractivity contribution is -0.116. The molecule has 28 heavy (non-hydrogen) atoms. The van der Waals surface area contributed by atoms with Crippen molar-refractivity contribution >= 4 is 45.8 Å². The third kappa shape index (κ3) is 2.99. The topological polar surface area (TPSA) is 104 Å². The van der Waals surface area contributed by atoms with E-state index in [1.165, 1.54) is 24.1 Å². The van der Waals surface area contributed by atoms with E-state index in [-0.39, 0.29) is 24.0 Å². The number of fused-ring (bicyclic) bond motifs is 2. The molecule has 3 heterocycles. The summed E-state index contributed by atoms with van der Waals surface area (Å²) in [7, 11) is 3.14. The zero-order chi connectivity index (χ0) is 20.0. The first-order chi connectivity index (χ1) is 13.4. The van der Waals surface area contributed by atoms with Crippen molar-refractivity contribution in [2.24, 2.45) is 7.05 Å². The van der Waals surface area contributed by atoms with Gasteiger partial charge < -0.3 is 13.7 Å². The van der Waals surface area contributed by atoms with Crippen molar-refractivity contribution in [3.05, 3.63) is 45.5 Å². The van der Waals surface area contributed by atoms with E-state index < -0.39 is 0 Å². The third-order valence-corrected chi connectivity index (χ3v) is 4.70. The maximum atomic E-state index is 12.5. The van der Waals surface area contributed by atoms with E-state index in [2.05, 4.69) is 15.3 Å². The van der Waals surface area contributed by atoms with Gasteiger partial charge in [0.2, 0.25) is 5.91 Å². The van der Waals surface area contributed by atoms with E-state index in [4.69, 9.17) is 20.8 Å². The molecule has 0 fully saturated rings. The molecule has 0 atom stereocenters. The molecule has 1 amide bonds. The van der Waals surface area contributed by atoms with Gasteiger partial charge in [-0.2, -0.15) is 4.98 Å². The predicted octanol–water partition coefficient (Wildman–Crippen LogP) is 2.49. The molecule has 1 aromatic carbocycles. The normalized spacial score (nSPS) is 11.3. The van der Waals surface area contributed by atoms with Crippen molar-refractivity contribution in [3.63, 3.8) is 0 Å². The summed E-state index contributed by atoms with van der Waals surface area (Å²) in [6.07, 6.45) is 1.52. The van der Waals surface area contributed by atoms with Crippen molar-refractivity contribution in [2.45, 2.75) is 13.5 Å². The molecule has 0 spiro atoms. The van der Waals surface area contributed by atoms with Crippen LogP contribution in [0.3, 0.4) is 0 Å². The zero-order valence-electron chi connectivity index (χ0n) is 15.3. The first-order valence-electron chi connectivity index (χ1n) is 8.32. The van der Waals surface area contributed by atoms with Gasteiger partial charge in [-0.15, -0.1) is 0 Å². The number of nitrogens with zero attached hydrogens (tertiary/aromatic N) is 4. The number of imidazole rings is 1. The molecule has 0 aliphatic rings. The standard InChI is InChI=1S/C18H16ClN5O4/c1-9-4-15(26)23(2)17-16(9)24(8-20-17)7-14(25)22-18-21-11-6-12(27-3)10(19)5-13(11)28-18/h4-6,8H,7H2,1-3H3,(H,21,22,25). The number of aromatic nitrogens is 4. The fourth-order valence-electron chi connectivity index (χ4n) is 3.05. The van der Waals surface area contributed by atoms with Crippen LogP contribution in [-0.2, 0) is 18.4 Å². The lowest BCUT2D eigenvalue weighted by Gasteiger charge is -2.07. The quantitative estimate of drug-likeness (QED) is 0.563. The van der Waals surface area contributed by atoms with Crippen molar-refractivity contribution in [2.75, 3.05) is 12.4 Å². The lowest BCUT2D eigenvalue weighted by Crippen LogP contribution is -2.20.